The van der Waals surface area contributed by atoms with Gasteiger partial charge in [-0.1, -0.05) is 23.7 Å². The summed E-state index contributed by atoms with van der Waals surface area (Å²) in [5.74, 6) is -0.347. The molecule has 0 radical (unpaired) electrons. The lowest BCUT2D eigenvalue weighted by atomic mass is 10.2. The third-order valence-corrected chi connectivity index (χ3v) is 2.97. The Labute approximate surface area is 111 Å². The van der Waals surface area contributed by atoms with Crippen LogP contribution < -0.4 is 0 Å². The summed E-state index contributed by atoms with van der Waals surface area (Å²) >= 11 is 5.77. The Morgan fingerprint density at radius 1 is 1.44 bits per heavy atom. The Hall–Kier alpha value is -1.32. The highest BCUT2D eigenvalue weighted by molar-refractivity contribution is 6.30. The van der Waals surface area contributed by atoms with Crippen molar-refractivity contribution in [3.05, 3.63) is 40.9 Å². The molecule has 3 nitrogen and oxygen atoms in total. The van der Waals surface area contributed by atoms with Gasteiger partial charge in [-0.2, -0.15) is 0 Å². The van der Waals surface area contributed by atoms with Crippen molar-refractivity contribution in [2.45, 2.75) is 18.9 Å². The van der Waals surface area contributed by atoms with Gasteiger partial charge < -0.3 is 9.47 Å². The van der Waals surface area contributed by atoms with E-state index in [2.05, 4.69) is 0 Å². The van der Waals surface area contributed by atoms with Crippen LogP contribution in [0.4, 0.5) is 0 Å². The predicted octanol–water partition coefficient (Wildman–Crippen LogP) is 3.08. The van der Waals surface area contributed by atoms with Gasteiger partial charge in [0.05, 0.1) is 6.10 Å². The Morgan fingerprint density at radius 2 is 2.22 bits per heavy atom. The van der Waals surface area contributed by atoms with E-state index in [1.165, 1.54) is 6.08 Å². The molecule has 96 valence electrons. The zero-order valence-electron chi connectivity index (χ0n) is 9.97. The molecule has 1 heterocycles. The third-order valence-electron chi connectivity index (χ3n) is 2.72. The molecule has 0 N–H and O–H groups in total. The van der Waals surface area contributed by atoms with Gasteiger partial charge in [0.15, 0.2) is 0 Å². The maximum Gasteiger partial charge on any atom is 0.330 e. The number of benzene rings is 1. The number of hydrogen-bond acceptors (Lipinski definition) is 3. The van der Waals surface area contributed by atoms with E-state index in [0.29, 0.717) is 11.6 Å². The monoisotopic (exact) mass is 266 g/mol. The minimum absolute atomic E-state index is 0.0675. The maximum absolute atomic E-state index is 11.4. The fourth-order valence-corrected chi connectivity index (χ4v) is 1.86. The van der Waals surface area contributed by atoms with Crippen LogP contribution in [0, 0.1) is 0 Å². The molecule has 1 saturated heterocycles. The lowest BCUT2D eigenvalue weighted by Crippen LogP contribution is -2.16. The molecule has 1 unspecified atom stereocenters. The Bertz CT molecular complexity index is 419. The molecule has 1 aliphatic heterocycles. The summed E-state index contributed by atoms with van der Waals surface area (Å²) in [6.07, 6.45) is 5.20. The minimum atomic E-state index is -0.347. The van der Waals surface area contributed by atoms with E-state index in [1.807, 2.05) is 12.1 Å². The number of hydrogen-bond donors (Lipinski definition) is 0. The Balaban J connectivity index is 1.77. The first-order valence-corrected chi connectivity index (χ1v) is 6.34. The van der Waals surface area contributed by atoms with Gasteiger partial charge in [-0.05, 0) is 36.6 Å². The molecule has 0 saturated carbocycles. The van der Waals surface area contributed by atoms with E-state index >= 15 is 0 Å². The second kappa shape index (κ2) is 6.57. The van der Waals surface area contributed by atoms with Crippen LogP contribution in [0.5, 0.6) is 0 Å². The first-order chi connectivity index (χ1) is 8.74. The Kier molecular flexibility index (Phi) is 4.79. The molecule has 0 spiro atoms. The van der Waals surface area contributed by atoms with Gasteiger partial charge in [0.25, 0.3) is 0 Å². The van der Waals surface area contributed by atoms with Gasteiger partial charge in [0.2, 0.25) is 0 Å². The van der Waals surface area contributed by atoms with Crippen molar-refractivity contribution in [3.63, 3.8) is 0 Å². The van der Waals surface area contributed by atoms with Crippen LogP contribution in [0.2, 0.25) is 5.02 Å². The average molecular weight is 267 g/mol. The van der Waals surface area contributed by atoms with Crippen molar-refractivity contribution >= 4 is 23.6 Å². The highest BCUT2D eigenvalue weighted by atomic mass is 35.5. The van der Waals surface area contributed by atoms with Crippen LogP contribution in [0.25, 0.3) is 6.08 Å². The number of rotatable bonds is 4. The van der Waals surface area contributed by atoms with Crippen molar-refractivity contribution in [2.24, 2.45) is 0 Å². The fraction of sp³-hybridized carbons (Fsp3) is 0.357. The molecular weight excluding hydrogens is 252 g/mol. The van der Waals surface area contributed by atoms with E-state index in [4.69, 9.17) is 21.1 Å². The van der Waals surface area contributed by atoms with Crippen LogP contribution in [0.3, 0.4) is 0 Å². The van der Waals surface area contributed by atoms with Gasteiger partial charge in [-0.3, -0.25) is 0 Å². The highest BCUT2D eigenvalue weighted by Gasteiger charge is 2.16. The van der Waals surface area contributed by atoms with Gasteiger partial charge in [-0.15, -0.1) is 0 Å². The maximum atomic E-state index is 11.4. The molecule has 1 aromatic rings. The topological polar surface area (TPSA) is 35.5 Å². The van der Waals surface area contributed by atoms with Crippen molar-refractivity contribution in [1.29, 1.82) is 0 Å². The zero-order valence-corrected chi connectivity index (χ0v) is 10.7. The van der Waals surface area contributed by atoms with E-state index in [1.54, 1.807) is 18.2 Å². The minimum Gasteiger partial charge on any atom is -0.460 e. The molecular formula is C14H15ClO3. The molecule has 0 bridgehead atoms. The summed E-state index contributed by atoms with van der Waals surface area (Å²) in [5, 5.41) is 0.674. The average Bonchev–Trinajstić information content (AvgIpc) is 2.89. The second-order valence-electron chi connectivity index (χ2n) is 4.15. The van der Waals surface area contributed by atoms with Gasteiger partial charge in [0.1, 0.15) is 6.61 Å². The molecule has 0 aromatic heterocycles. The SMILES string of the molecule is O=C(C=Cc1ccc(Cl)cc1)OCC1CCCO1. The zero-order chi connectivity index (χ0) is 12.8. The molecule has 4 heteroatoms. The van der Waals surface area contributed by atoms with Crippen molar-refractivity contribution in [3.8, 4) is 0 Å². The first-order valence-electron chi connectivity index (χ1n) is 5.96. The number of carbonyl (C=O) groups is 1. The summed E-state index contributed by atoms with van der Waals surface area (Å²) in [7, 11) is 0. The normalized spacial score (nSPS) is 19.3. The highest BCUT2D eigenvalue weighted by Crippen LogP contribution is 2.13. The number of halogens is 1. The number of esters is 1. The molecule has 1 atom stereocenters. The molecule has 18 heavy (non-hydrogen) atoms. The molecule has 1 aliphatic rings. The van der Waals surface area contributed by atoms with E-state index < -0.39 is 0 Å². The predicted molar refractivity (Wildman–Crippen MR) is 70.4 cm³/mol. The number of ether oxygens (including phenoxy) is 2. The van der Waals surface area contributed by atoms with Crippen LogP contribution in [-0.2, 0) is 14.3 Å². The molecule has 0 aliphatic carbocycles. The van der Waals surface area contributed by atoms with Crippen LogP contribution in [0.1, 0.15) is 18.4 Å². The van der Waals surface area contributed by atoms with Crippen LogP contribution in [0.15, 0.2) is 30.3 Å². The van der Waals surface area contributed by atoms with E-state index in [-0.39, 0.29) is 12.1 Å². The molecule has 0 amide bonds. The summed E-state index contributed by atoms with van der Waals surface area (Å²) in [6, 6.07) is 7.23. The lowest BCUT2D eigenvalue weighted by Gasteiger charge is -2.08. The quantitative estimate of drug-likeness (QED) is 0.621. The van der Waals surface area contributed by atoms with Crippen molar-refractivity contribution < 1.29 is 14.3 Å². The Morgan fingerprint density at radius 3 is 2.89 bits per heavy atom. The van der Waals surface area contributed by atoms with Crippen molar-refractivity contribution in [2.75, 3.05) is 13.2 Å². The third kappa shape index (κ3) is 4.17. The fourth-order valence-electron chi connectivity index (χ4n) is 1.74. The number of carbonyl (C=O) groups excluding carboxylic acids is 1. The van der Waals surface area contributed by atoms with Gasteiger partial charge in [-0.25, -0.2) is 4.79 Å². The van der Waals surface area contributed by atoms with Crippen molar-refractivity contribution in [1.82, 2.24) is 0 Å². The van der Waals surface area contributed by atoms with Gasteiger partial charge >= 0.3 is 5.97 Å². The van der Waals surface area contributed by atoms with Gasteiger partial charge in [0, 0.05) is 17.7 Å². The van der Waals surface area contributed by atoms with E-state index in [0.717, 1.165) is 25.0 Å². The van der Waals surface area contributed by atoms with Crippen LogP contribution in [-0.4, -0.2) is 25.3 Å². The molecule has 1 aromatic carbocycles. The summed E-state index contributed by atoms with van der Waals surface area (Å²) < 4.78 is 10.5. The van der Waals surface area contributed by atoms with Crippen LogP contribution >= 0.6 is 11.6 Å². The summed E-state index contributed by atoms with van der Waals surface area (Å²) in [5.41, 5.74) is 0.911. The molecule has 1 fully saturated rings. The second-order valence-corrected chi connectivity index (χ2v) is 4.59. The summed E-state index contributed by atoms with van der Waals surface area (Å²) in [4.78, 5) is 11.4. The largest absolute Gasteiger partial charge is 0.460 e. The lowest BCUT2D eigenvalue weighted by molar-refractivity contribution is -0.140. The summed E-state index contributed by atoms with van der Waals surface area (Å²) in [6.45, 7) is 1.10. The first kappa shape index (κ1) is 13.1. The standard InChI is InChI=1S/C14H15ClO3/c15-12-6-3-11(4-7-12)5-8-14(16)18-10-13-2-1-9-17-13/h3-8,13H,1-2,9-10H2. The molecule has 2 rings (SSSR count). The smallest absolute Gasteiger partial charge is 0.330 e. The van der Waals surface area contributed by atoms with E-state index in [9.17, 15) is 4.79 Å².